The second-order valence-electron chi connectivity index (χ2n) is 19.4. The maximum absolute atomic E-state index is 12.9. The number of unbranched alkanes of at least 4 members (excludes halogenated alkanes) is 30. The number of phosphoric ester groups is 1. The van der Waals surface area contributed by atoms with Crippen molar-refractivity contribution in [1.82, 2.24) is 0 Å². The molecule has 0 heterocycles. The highest BCUT2D eigenvalue weighted by Crippen LogP contribution is 2.47. The summed E-state index contributed by atoms with van der Waals surface area (Å²) in [7, 11) is -5.03. The van der Waals surface area contributed by atoms with E-state index in [-0.39, 0.29) is 13.0 Å². The number of hydrogen-bond donors (Lipinski definition) is 6. The number of esters is 1. The molecule has 1 fully saturated rings. The van der Waals surface area contributed by atoms with E-state index >= 15 is 0 Å². The molecule has 1 aliphatic rings. The van der Waals surface area contributed by atoms with Crippen LogP contribution in [0.5, 0.6) is 0 Å². The predicted octanol–water partition coefficient (Wildman–Crippen LogP) is 13.0. The Labute approximate surface area is 414 Å². The van der Waals surface area contributed by atoms with Gasteiger partial charge in [-0.05, 0) is 51.4 Å². The van der Waals surface area contributed by atoms with Crippen LogP contribution >= 0.6 is 7.82 Å². The lowest BCUT2D eigenvalue weighted by atomic mass is 9.85. The van der Waals surface area contributed by atoms with E-state index in [1.165, 1.54) is 148 Å². The van der Waals surface area contributed by atoms with E-state index in [1.54, 1.807) is 0 Å². The van der Waals surface area contributed by atoms with Gasteiger partial charge in [0.2, 0.25) is 0 Å². The average Bonchev–Trinajstić information content (AvgIpc) is 3.32. The van der Waals surface area contributed by atoms with Crippen molar-refractivity contribution in [3.8, 4) is 0 Å². The van der Waals surface area contributed by atoms with E-state index in [2.05, 4.69) is 50.3 Å². The molecule has 0 aromatic heterocycles. The second kappa shape index (κ2) is 45.4. The summed E-state index contributed by atoms with van der Waals surface area (Å²) in [6, 6.07) is 0. The summed E-state index contributed by atoms with van der Waals surface area (Å²) in [5.74, 6) is -0.485. The number of rotatable bonds is 48. The van der Waals surface area contributed by atoms with Crippen LogP contribution < -0.4 is 0 Å². The summed E-state index contributed by atoms with van der Waals surface area (Å²) in [6.45, 7) is 4.28. The Balaban J connectivity index is 2.31. The van der Waals surface area contributed by atoms with Crippen molar-refractivity contribution < 1.29 is 58.3 Å². The Morgan fingerprint density at radius 2 is 0.824 bits per heavy atom. The van der Waals surface area contributed by atoms with Crippen molar-refractivity contribution >= 4 is 13.8 Å². The first-order valence-corrected chi connectivity index (χ1v) is 29.3. The van der Waals surface area contributed by atoms with Crippen molar-refractivity contribution in [2.75, 3.05) is 19.8 Å². The Kier molecular flexibility index (Phi) is 43.1. The van der Waals surface area contributed by atoms with Crippen LogP contribution in [0.2, 0.25) is 0 Å². The fourth-order valence-corrected chi connectivity index (χ4v) is 9.57. The summed E-state index contributed by atoms with van der Waals surface area (Å²) in [5, 5.41) is 50.4. The zero-order valence-electron chi connectivity index (χ0n) is 43.2. The fourth-order valence-electron chi connectivity index (χ4n) is 8.60. The number of ether oxygens (including phenoxy) is 2. The van der Waals surface area contributed by atoms with Gasteiger partial charge in [0, 0.05) is 13.0 Å². The normalized spacial score (nSPS) is 21.4. The van der Waals surface area contributed by atoms with Gasteiger partial charge in [0.25, 0.3) is 0 Å². The van der Waals surface area contributed by atoms with Gasteiger partial charge in [-0.3, -0.25) is 13.8 Å². The molecule has 13 heteroatoms. The van der Waals surface area contributed by atoms with Crippen molar-refractivity contribution in [3.05, 3.63) is 36.5 Å². The van der Waals surface area contributed by atoms with Gasteiger partial charge >= 0.3 is 13.8 Å². The molecular formula is C55H103O12P. The van der Waals surface area contributed by atoms with E-state index in [9.17, 15) is 39.8 Å². The van der Waals surface area contributed by atoms with E-state index < -0.39 is 63.1 Å². The second-order valence-corrected chi connectivity index (χ2v) is 20.8. The molecule has 0 saturated heterocycles. The van der Waals surface area contributed by atoms with Crippen LogP contribution in [0.3, 0.4) is 0 Å². The maximum Gasteiger partial charge on any atom is 0.472 e. The summed E-state index contributed by atoms with van der Waals surface area (Å²) in [4.78, 5) is 23.3. The molecule has 6 N–H and O–H groups in total. The number of hydrogen-bond acceptors (Lipinski definition) is 11. The van der Waals surface area contributed by atoms with E-state index in [4.69, 9.17) is 18.5 Å². The minimum absolute atomic E-state index is 0.0788. The molecule has 0 aromatic rings. The fraction of sp³-hybridized carbons (Fsp3) is 0.873. The minimum atomic E-state index is -5.03. The van der Waals surface area contributed by atoms with Gasteiger partial charge in [-0.15, -0.1) is 0 Å². The van der Waals surface area contributed by atoms with Crippen molar-refractivity contribution in [2.45, 2.75) is 288 Å². The molecule has 12 nitrogen and oxygen atoms in total. The molecule has 1 rings (SSSR count). The van der Waals surface area contributed by atoms with Crippen molar-refractivity contribution in [1.29, 1.82) is 0 Å². The Hall–Kier alpha value is -1.44. The lowest BCUT2D eigenvalue weighted by Gasteiger charge is -2.41. The van der Waals surface area contributed by atoms with Gasteiger partial charge in [-0.1, -0.05) is 224 Å². The Bertz CT molecular complexity index is 1260. The molecule has 400 valence electrons. The molecule has 0 radical (unpaired) electrons. The number of carbonyl (C=O) groups is 1. The average molecular weight is 987 g/mol. The first-order chi connectivity index (χ1) is 33.0. The van der Waals surface area contributed by atoms with Crippen LogP contribution in [0.4, 0.5) is 0 Å². The van der Waals surface area contributed by atoms with Crippen LogP contribution in [0, 0.1) is 0 Å². The molecule has 0 aromatic carbocycles. The maximum atomic E-state index is 12.9. The minimum Gasteiger partial charge on any atom is -0.457 e. The molecule has 0 amide bonds. The first-order valence-electron chi connectivity index (χ1n) is 27.8. The number of phosphoric acid groups is 1. The molecule has 68 heavy (non-hydrogen) atoms. The van der Waals surface area contributed by atoms with Gasteiger partial charge in [0.05, 0.1) is 13.2 Å². The predicted molar refractivity (Wildman–Crippen MR) is 276 cm³/mol. The largest absolute Gasteiger partial charge is 0.472 e. The third-order valence-corrected chi connectivity index (χ3v) is 14.0. The van der Waals surface area contributed by atoms with Crippen LogP contribution in [0.1, 0.15) is 245 Å². The lowest BCUT2D eigenvalue weighted by Crippen LogP contribution is -2.64. The summed E-state index contributed by atoms with van der Waals surface area (Å²) in [5.41, 5.74) is 0. The summed E-state index contributed by atoms with van der Waals surface area (Å²) < 4.78 is 34.4. The van der Waals surface area contributed by atoms with Gasteiger partial charge in [-0.25, -0.2) is 4.57 Å². The topological polar surface area (TPSA) is 192 Å². The molecule has 0 bridgehead atoms. The van der Waals surface area contributed by atoms with E-state index in [1.807, 2.05) is 0 Å². The third kappa shape index (κ3) is 36.5. The molecule has 6 atom stereocenters. The number of carbonyl (C=O) groups excluding carboxylic acids is 1. The summed E-state index contributed by atoms with van der Waals surface area (Å²) in [6.07, 6.45) is 43.5. The van der Waals surface area contributed by atoms with Crippen LogP contribution in [-0.4, -0.2) is 98.9 Å². The van der Waals surface area contributed by atoms with Gasteiger partial charge in [0.1, 0.15) is 42.7 Å². The van der Waals surface area contributed by atoms with Crippen molar-refractivity contribution in [3.63, 3.8) is 0 Å². The standard InChI is InChI=1S/C55H103O12P/c1-3-5-7-9-11-13-15-17-19-21-23-25-26-28-30-32-34-36-38-40-42-44-49(56)66-48(47-65-68(62,63)67-55-53(60)51(58)50(57)52(59)54(55)61)46-64-45-43-41-39-37-35-33-31-29-27-24-22-20-18-16-14-12-10-8-6-4-2/h15,17,21,23,26,28,48,50-55,57-61H,3-14,16,18-20,22,24-25,27,29-47H2,1-2H3,(H,62,63)/b17-15-,23-21-,28-26-. The molecule has 1 aliphatic carbocycles. The highest BCUT2D eigenvalue weighted by Gasteiger charge is 2.51. The first kappa shape index (κ1) is 64.6. The smallest absolute Gasteiger partial charge is 0.457 e. The summed E-state index contributed by atoms with van der Waals surface area (Å²) >= 11 is 0. The molecular weight excluding hydrogens is 884 g/mol. The zero-order valence-corrected chi connectivity index (χ0v) is 44.1. The third-order valence-electron chi connectivity index (χ3n) is 13.0. The van der Waals surface area contributed by atoms with E-state index in [0.29, 0.717) is 13.0 Å². The van der Waals surface area contributed by atoms with Crippen LogP contribution in [0.15, 0.2) is 36.5 Å². The highest BCUT2D eigenvalue weighted by atomic mass is 31.2. The quantitative estimate of drug-likeness (QED) is 0.0147. The number of allylic oxidation sites excluding steroid dienone is 6. The van der Waals surface area contributed by atoms with Crippen LogP contribution in [-0.2, 0) is 27.9 Å². The number of aliphatic hydroxyl groups is 5. The van der Waals surface area contributed by atoms with Gasteiger partial charge in [-0.2, -0.15) is 0 Å². The monoisotopic (exact) mass is 987 g/mol. The van der Waals surface area contributed by atoms with Gasteiger partial charge < -0.3 is 39.9 Å². The van der Waals surface area contributed by atoms with Crippen molar-refractivity contribution in [2.24, 2.45) is 0 Å². The lowest BCUT2D eigenvalue weighted by molar-refractivity contribution is -0.220. The SMILES string of the molecule is CCCCCCC/C=C\C/C=C\C/C=C\CCCCCCCCC(=O)OC(COCCCCCCCCCCCCCCCCCCCCCC)COP(=O)(O)OC1C(O)C(O)C(O)C(O)C1O. The van der Waals surface area contributed by atoms with E-state index in [0.717, 1.165) is 70.6 Å². The van der Waals surface area contributed by atoms with Gasteiger partial charge in [0.15, 0.2) is 0 Å². The Morgan fingerprint density at radius 1 is 0.471 bits per heavy atom. The molecule has 6 unspecified atom stereocenters. The number of aliphatic hydroxyl groups excluding tert-OH is 5. The molecule has 1 saturated carbocycles. The Morgan fingerprint density at radius 3 is 1.25 bits per heavy atom. The van der Waals surface area contributed by atoms with Crippen LogP contribution in [0.25, 0.3) is 0 Å². The zero-order chi connectivity index (χ0) is 49.8. The molecule has 0 spiro atoms. The molecule has 0 aliphatic heterocycles. The highest BCUT2D eigenvalue weighted by molar-refractivity contribution is 7.47.